The van der Waals surface area contributed by atoms with Gasteiger partial charge in [-0.25, -0.2) is 4.52 Å². The Labute approximate surface area is 110 Å². The molecular weight excluding hydrogens is 244 g/mol. The van der Waals surface area contributed by atoms with Crippen molar-refractivity contribution in [2.24, 2.45) is 0 Å². The first-order valence-electron chi connectivity index (χ1n) is 6.24. The van der Waals surface area contributed by atoms with E-state index in [0.29, 0.717) is 17.8 Å². The number of hydrogen-bond acceptors (Lipinski definition) is 4. The highest BCUT2D eigenvalue weighted by Crippen LogP contribution is 2.19. The Morgan fingerprint density at radius 3 is 3.16 bits per heavy atom. The van der Waals surface area contributed by atoms with Gasteiger partial charge in [0.1, 0.15) is 0 Å². The van der Waals surface area contributed by atoms with Crippen molar-refractivity contribution in [2.45, 2.75) is 12.5 Å². The minimum atomic E-state index is -0.0137. The lowest BCUT2D eigenvalue weighted by Gasteiger charge is -2.15. The lowest BCUT2D eigenvalue weighted by Crippen LogP contribution is -2.29. The van der Waals surface area contributed by atoms with E-state index in [1.807, 2.05) is 0 Å². The second kappa shape index (κ2) is 4.55. The monoisotopic (exact) mass is 260 g/mol. The van der Waals surface area contributed by atoms with E-state index in [2.05, 4.69) is 5.10 Å². The minimum Gasteiger partial charge on any atom is -0.399 e. The third-order valence-corrected chi connectivity index (χ3v) is 3.54. The van der Waals surface area contributed by atoms with Gasteiger partial charge in [0.2, 0.25) is 0 Å². The summed E-state index contributed by atoms with van der Waals surface area (Å²) in [6.45, 7) is 1.35. The molecule has 6 nitrogen and oxygen atoms in total. The fourth-order valence-electron chi connectivity index (χ4n) is 2.44. The molecule has 0 aliphatic carbocycles. The highest BCUT2D eigenvalue weighted by molar-refractivity contribution is 6.01. The van der Waals surface area contributed by atoms with Gasteiger partial charge in [-0.2, -0.15) is 5.10 Å². The Kier molecular flexibility index (Phi) is 2.87. The number of methoxy groups -OCH3 is 1. The van der Waals surface area contributed by atoms with E-state index in [0.717, 1.165) is 18.5 Å². The Morgan fingerprint density at radius 2 is 2.42 bits per heavy atom. The quantitative estimate of drug-likeness (QED) is 0.866. The first-order chi connectivity index (χ1) is 9.19. The van der Waals surface area contributed by atoms with E-state index in [1.165, 1.54) is 0 Å². The standard InChI is InChI=1S/C13H16N4O2/c1-19-10-3-4-16(8-10)13(18)11-7-15-17-5-2-9(14)6-12(11)17/h2,5-7,10H,3-4,8,14H2,1H3/t10-/m0/s1. The van der Waals surface area contributed by atoms with E-state index in [-0.39, 0.29) is 12.0 Å². The number of rotatable bonds is 2. The van der Waals surface area contributed by atoms with Crippen molar-refractivity contribution in [3.63, 3.8) is 0 Å². The van der Waals surface area contributed by atoms with Gasteiger partial charge in [-0.1, -0.05) is 0 Å². The maximum atomic E-state index is 12.5. The number of hydrogen-bond donors (Lipinski definition) is 1. The number of nitrogens with two attached hydrogens (primary N) is 1. The van der Waals surface area contributed by atoms with E-state index in [4.69, 9.17) is 10.5 Å². The lowest BCUT2D eigenvalue weighted by atomic mass is 10.2. The van der Waals surface area contributed by atoms with Crippen LogP contribution in [0.4, 0.5) is 5.69 Å². The molecule has 1 aliphatic rings. The van der Waals surface area contributed by atoms with Crippen molar-refractivity contribution < 1.29 is 9.53 Å². The highest BCUT2D eigenvalue weighted by atomic mass is 16.5. The number of fused-ring (bicyclic) bond motifs is 1. The second-order valence-corrected chi connectivity index (χ2v) is 4.75. The van der Waals surface area contributed by atoms with Gasteiger partial charge in [0, 0.05) is 32.1 Å². The number of aromatic nitrogens is 2. The Balaban J connectivity index is 1.92. The van der Waals surface area contributed by atoms with Crippen LogP contribution in [0.25, 0.3) is 5.52 Å². The molecule has 0 bridgehead atoms. The summed E-state index contributed by atoms with van der Waals surface area (Å²) >= 11 is 0. The average molecular weight is 260 g/mol. The maximum absolute atomic E-state index is 12.5. The van der Waals surface area contributed by atoms with Crippen LogP contribution in [0, 0.1) is 0 Å². The predicted octanol–water partition coefficient (Wildman–Crippen LogP) is 0.777. The zero-order valence-corrected chi connectivity index (χ0v) is 10.7. The molecule has 2 aromatic heterocycles. The number of anilines is 1. The molecule has 1 fully saturated rings. The number of nitrogen functional groups attached to an aromatic ring is 1. The van der Waals surface area contributed by atoms with Gasteiger partial charge < -0.3 is 15.4 Å². The van der Waals surface area contributed by atoms with Crippen LogP contribution in [0.1, 0.15) is 16.8 Å². The van der Waals surface area contributed by atoms with Gasteiger partial charge >= 0.3 is 0 Å². The van der Waals surface area contributed by atoms with E-state index < -0.39 is 0 Å². The number of likely N-dealkylation sites (tertiary alicyclic amines) is 1. The molecule has 1 aliphatic heterocycles. The van der Waals surface area contributed by atoms with Gasteiger partial charge in [0.05, 0.1) is 23.4 Å². The summed E-state index contributed by atoms with van der Waals surface area (Å²) in [6.07, 6.45) is 4.36. The third kappa shape index (κ3) is 2.04. The van der Waals surface area contributed by atoms with Crippen molar-refractivity contribution in [3.05, 3.63) is 30.1 Å². The summed E-state index contributed by atoms with van der Waals surface area (Å²) in [6, 6.07) is 3.52. The first kappa shape index (κ1) is 12.0. The largest absolute Gasteiger partial charge is 0.399 e. The topological polar surface area (TPSA) is 72.9 Å². The van der Waals surface area contributed by atoms with Crippen molar-refractivity contribution in [3.8, 4) is 0 Å². The normalized spacial score (nSPS) is 19.2. The van der Waals surface area contributed by atoms with Gasteiger partial charge in [-0.3, -0.25) is 4.79 Å². The summed E-state index contributed by atoms with van der Waals surface area (Å²) in [7, 11) is 1.68. The second-order valence-electron chi connectivity index (χ2n) is 4.75. The van der Waals surface area contributed by atoms with Gasteiger partial charge in [0.15, 0.2) is 0 Å². The van der Waals surface area contributed by atoms with Gasteiger partial charge in [-0.05, 0) is 18.6 Å². The third-order valence-electron chi connectivity index (χ3n) is 3.54. The predicted molar refractivity (Wildman–Crippen MR) is 70.9 cm³/mol. The summed E-state index contributed by atoms with van der Waals surface area (Å²) < 4.78 is 6.94. The lowest BCUT2D eigenvalue weighted by molar-refractivity contribution is 0.0726. The molecule has 0 unspecified atom stereocenters. The summed E-state index contributed by atoms with van der Waals surface area (Å²) in [5.41, 5.74) is 7.72. The molecule has 100 valence electrons. The molecular formula is C13H16N4O2. The Bertz CT molecular complexity index is 622. The molecule has 1 amide bonds. The Hall–Kier alpha value is -2.08. The maximum Gasteiger partial charge on any atom is 0.257 e. The Morgan fingerprint density at radius 1 is 1.58 bits per heavy atom. The average Bonchev–Trinajstić information content (AvgIpc) is 3.04. The van der Waals surface area contributed by atoms with E-state index in [1.54, 1.807) is 41.1 Å². The smallest absolute Gasteiger partial charge is 0.257 e. The summed E-state index contributed by atoms with van der Waals surface area (Å²) in [5.74, 6) is -0.0137. The SMILES string of the molecule is CO[C@H]1CCN(C(=O)c2cnn3ccc(N)cc23)C1. The van der Waals surface area contributed by atoms with Crippen LogP contribution in [-0.2, 0) is 4.74 Å². The number of nitrogens with zero attached hydrogens (tertiary/aromatic N) is 3. The molecule has 6 heteroatoms. The molecule has 2 aromatic rings. The molecule has 3 rings (SSSR count). The van der Waals surface area contributed by atoms with Crippen LogP contribution in [0.2, 0.25) is 0 Å². The summed E-state index contributed by atoms with van der Waals surface area (Å²) in [4.78, 5) is 14.3. The van der Waals surface area contributed by atoms with Crippen molar-refractivity contribution in [1.29, 1.82) is 0 Å². The zero-order valence-electron chi connectivity index (χ0n) is 10.7. The molecule has 19 heavy (non-hydrogen) atoms. The number of carbonyl (C=O) groups is 1. The van der Waals surface area contributed by atoms with Crippen LogP contribution < -0.4 is 5.73 Å². The highest BCUT2D eigenvalue weighted by Gasteiger charge is 2.28. The van der Waals surface area contributed by atoms with E-state index in [9.17, 15) is 4.79 Å². The van der Waals surface area contributed by atoms with Crippen molar-refractivity contribution >= 4 is 17.1 Å². The number of carbonyl (C=O) groups excluding carboxylic acids is 1. The van der Waals surface area contributed by atoms with Crippen LogP contribution in [0.3, 0.4) is 0 Å². The summed E-state index contributed by atoms with van der Waals surface area (Å²) in [5, 5.41) is 4.17. The molecule has 0 spiro atoms. The van der Waals surface area contributed by atoms with Crippen molar-refractivity contribution in [2.75, 3.05) is 25.9 Å². The molecule has 1 saturated heterocycles. The van der Waals surface area contributed by atoms with Gasteiger partial charge in [-0.15, -0.1) is 0 Å². The fourth-order valence-corrected chi connectivity index (χ4v) is 2.44. The minimum absolute atomic E-state index is 0.0137. The fraction of sp³-hybridized carbons (Fsp3) is 0.385. The molecule has 3 heterocycles. The van der Waals surface area contributed by atoms with Crippen molar-refractivity contribution in [1.82, 2.24) is 14.5 Å². The number of ether oxygens (including phenoxy) is 1. The van der Waals surface area contributed by atoms with Gasteiger partial charge in [0.25, 0.3) is 5.91 Å². The molecule has 0 aromatic carbocycles. The zero-order chi connectivity index (χ0) is 13.4. The van der Waals surface area contributed by atoms with Crippen LogP contribution in [0.15, 0.2) is 24.5 Å². The molecule has 0 radical (unpaired) electrons. The molecule has 0 saturated carbocycles. The van der Waals surface area contributed by atoms with Crippen LogP contribution in [-0.4, -0.2) is 46.7 Å². The van der Waals surface area contributed by atoms with Crippen LogP contribution in [0.5, 0.6) is 0 Å². The first-order valence-corrected chi connectivity index (χ1v) is 6.24. The molecule has 2 N–H and O–H groups in total. The molecule has 1 atom stereocenters. The number of pyridine rings is 1. The van der Waals surface area contributed by atoms with Crippen LogP contribution >= 0.6 is 0 Å². The van der Waals surface area contributed by atoms with E-state index >= 15 is 0 Å². The number of amides is 1.